The summed E-state index contributed by atoms with van der Waals surface area (Å²) in [5.41, 5.74) is 0. The van der Waals surface area contributed by atoms with Gasteiger partial charge in [0.25, 0.3) is 0 Å². The third-order valence-electron chi connectivity index (χ3n) is 2.95. The molecule has 0 aromatic heterocycles. The quantitative estimate of drug-likeness (QED) is 0.183. The molecule has 0 saturated carbocycles. The normalized spacial score (nSPS) is 8.82. The average molecular weight is 324 g/mol. The molecule has 0 N–H and O–H groups in total. The third kappa shape index (κ3) is 33.2. The van der Waals surface area contributed by atoms with Crippen LogP contribution in [0.5, 0.6) is 0 Å². The van der Waals surface area contributed by atoms with Crippen molar-refractivity contribution in [3.8, 4) is 0 Å². The van der Waals surface area contributed by atoms with E-state index in [9.17, 15) is 19.8 Å². The fourth-order valence-corrected chi connectivity index (χ4v) is 1.41. The molecule has 0 aromatic rings. The average Bonchev–Trinajstić information content (AvgIpc) is 2.27. The molecule has 22 heavy (non-hydrogen) atoms. The summed E-state index contributed by atoms with van der Waals surface area (Å²) in [6.07, 6.45) is 7.36. The second-order valence-corrected chi connectivity index (χ2v) is 5.09. The number of carbonyl (C=O) groups is 2. The first-order valence-electron chi connectivity index (χ1n) is 7.03. The minimum Gasteiger partial charge on any atom is -0.550 e. The summed E-state index contributed by atoms with van der Waals surface area (Å²) in [4.78, 5) is 18.6. The van der Waals surface area contributed by atoms with E-state index >= 15 is 0 Å². The molecule has 0 fully saturated rings. The minimum atomic E-state index is -1.63. The topological polar surface area (TPSA) is 80.3 Å². The Labute approximate surface area is 192 Å². The Morgan fingerprint density at radius 1 is 0.955 bits per heavy atom. The molecule has 0 aliphatic heterocycles. The molecule has 0 aliphatic rings. The van der Waals surface area contributed by atoms with Gasteiger partial charge in [0, 0.05) is 18.4 Å². The van der Waals surface area contributed by atoms with Gasteiger partial charge in [0.1, 0.15) is 0 Å². The van der Waals surface area contributed by atoms with E-state index in [1.807, 2.05) is 0 Å². The van der Waals surface area contributed by atoms with Crippen LogP contribution in [0.15, 0.2) is 0 Å². The van der Waals surface area contributed by atoms with Crippen molar-refractivity contribution in [2.45, 2.75) is 72.6 Å². The molecule has 0 atom stereocenters. The van der Waals surface area contributed by atoms with Gasteiger partial charge < -0.3 is 25.7 Å². The Kier molecular flexibility index (Phi) is 39.2. The van der Waals surface area contributed by atoms with E-state index in [1.165, 1.54) is 38.5 Å². The SMILES string of the molecule is CCCCCCC[C-](C)C(C)C.O=C([O-])CC(=O)[O-].[Li+].[Na+].[Na+]. The fourth-order valence-electron chi connectivity index (χ4n) is 1.41. The van der Waals surface area contributed by atoms with Crippen LogP contribution in [0.2, 0.25) is 0 Å². The minimum absolute atomic E-state index is 0. The number of carboxylic acids is 2. The van der Waals surface area contributed by atoms with Crippen LogP contribution in [0.25, 0.3) is 0 Å². The third-order valence-corrected chi connectivity index (χ3v) is 2.95. The standard InChI is InChI=1S/C12H25.C3H4O4.Li.2Na/c1-5-6-7-8-9-10-12(4)11(2)3;4-2(5)1-3(6)7;;;/h11H,5-10H2,1-4H3;1H2,(H,4,5)(H,6,7);;;/q-1;;3*+1/p-2. The van der Waals surface area contributed by atoms with Gasteiger partial charge in [-0.1, -0.05) is 52.9 Å². The van der Waals surface area contributed by atoms with Crippen molar-refractivity contribution in [1.82, 2.24) is 0 Å². The smallest absolute Gasteiger partial charge is 0.550 e. The van der Waals surface area contributed by atoms with Crippen LogP contribution in [0, 0.1) is 11.8 Å². The Hall–Kier alpha value is 1.54. The maximum Gasteiger partial charge on any atom is 1.00 e. The predicted molar refractivity (Wildman–Crippen MR) is 71.8 cm³/mol. The molecule has 0 aliphatic carbocycles. The van der Waals surface area contributed by atoms with Crippen molar-refractivity contribution in [2.24, 2.45) is 5.92 Å². The summed E-state index contributed by atoms with van der Waals surface area (Å²) in [5, 5.41) is 18.6. The van der Waals surface area contributed by atoms with Gasteiger partial charge >= 0.3 is 78.0 Å². The van der Waals surface area contributed by atoms with E-state index in [2.05, 4.69) is 27.7 Å². The summed E-state index contributed by atoms with van der Waals surface area (Å²) in [6, 6.07) is 0. The van der Waals surface area contributed by atoms with Crippen LogP contribution in [-0.4, -0.2) is 11.9 Å². The van der Waals surface area contributed by atoms with Gasteiger partial charge in [-0.25, -0.2) is 0 Å². The van der Waals surface area contributed by atoms with E-state index in [0.29, 0.717) is 0 Å². The zero-order valence-corrected chi connectivity index (χ0v) is 19.7. The summed E-state index contributed by atoms with van der Waals surface area (Å²) >= 11 is 0. The first kappa shape index (κ1) is 34.8. The Morgan fingerprint density at radius 3 is 1.64 bits per heavy atom. The number of carbonyl (C=O) groups excluding carboxylic acids is 2. The van der Waals surface area contributed by atoms with Gasteiger partial charge in [-0.15, -0.1) is 0 Å². The molecule has 0 heterocycles. The van der Waals surface area contributed by atoms with Crippen LogP contribution in [0.1, 0.15) is 72.6 Å². The van der Waals surface area contributed by atoms with E-state index < -0.39 is 18.4 Å². The van der Waals surface area contributed by atoms with Crippen LogP contribution in [-0.2, 0) is 9.59 Å². The molecule has 0 unspecified atom stereocenters. The molecule has 0 radical (unpaired) electrons. The molecule has 0 bridgehead atoms. The molecule has 0 amide bonds. The fraction of sp³-hybridized carbons (Fsp3) is 0.800. The van der Waals surface area contributed by atoms with Crippen LogP contribution < -0.4 is 88.2 Å². The summed E-state index contributed by atoms with van der Waals surface area (Å²) in [5.74, 6) is -0.789. The van der Waals surface area contributed by atoms with E-state index in [-0.39, 0.29) is 78.0 Å². The molecule has 0 rings (SSSR count). The van der Waals surface area contributed by atoms with Crippen molar-refractivity contribution in [3.05, 3.63) is 5.92 Å². The first-order chi connectivity index (χ1) is 8.81. The molecule has 114 valence electrons. The predicted octanol–water partition coefficient (Wildman–Crippen LogP) is -7.51. The van der Waals surface area contributed by atoms with Gasteiger partial charge in [-0.3, -0.25) is 0 Å². The maximum absolute atomic E-state index is 9.28. The van der Waals surface area contributed by atoms with E-state index in [1.54, 1.807) is 5.92 Å². The second kappa shape index (κ2) is 24.8. The second-order valence-electron chi connectivity index (χ2n) is 5.09. The maximum atomic E-state index is 9.28. The number of aliphatic carboxylic acids is 2. The summed E-state index contributed by atoms with van der Waals surface area (Å²) in [6.45, 7) is 9.15. The van der Waals surface area contributed by atoms with E-state index in [0.717, 1.165) is 5.92 Å². The van der Waals surface area contributed by atoms with Gasteiger partial charge in [0.05, 0.1) is 0 Å². The number of hydrogen-bond acceptors (Lipinski definition) is 4. The van der Waals surface area contributed by atoms with Gasteiger partial charge in [0.2, 0.25) is 0 Å². The zero-order valence-electron chi connectivity index (χ0n) is 15.7. The molecule has 7 heteroatoms. The Balaban J connectivity index is -0.0000000850. The van der Waals surface area contributed by atoms with Crippen molar-refractivity contribution < 1.29 is 97.8 Å². The largest absolute Gasteiger partial charge is 1.00 e. The monoisotopic (exact) mass is 324 g/mol. The Morgan fingerprint density at radius 2 is 1.36 bits per heavy atom. The molecule has 0 spiro atoms. The van der Waals surface area contributed by atoms with Gasteiger partial charge in [-0.2, -0.15) is 19.3 Å². The van der Waals surface area contributed by atoms with Crippen LogP contribution >= 0.6 is 0 Å². The van der Waals surface area contributed by atoms with Crippen molar-refractivity contribution in [3.63, 3.8) is 0 Å². The van der Waals surface area contributed by atoms with Crippen molar-refractivity contribution in [2.75, 3.05) is 0 Å². The van der Waals surface area contributed by atoms with Crippen molar-refractivity contribution >= 4 is 11.9 Å². The van der Waals surface area contributed by atoms with Gasteiger partial charge in [0.15, 0.2) is 0 Å². The molecule has 0 saturated heterocycles. The van der Waals surface area contributed by atoms with Crippen LogP contribution in [0.4, 0.5) is 0 Å². The molecular weight excluding hydrogens is 297 g/mol. The molecule has 4 nitrogen and oxygen atoms in total. The summed E-state index contributed by atoms with van der Waals surface area (Å²) in [7, 11) is 0. The Bertz CT molecular complexity index is 240. The summed E-state index contributed by atoms with van der Waals surface area (Å²) < 4.78 is 0. The number of unbranched alkanes of at least 4 members (excludes halogenated alkanes) is 4. The van der Waals surface area contributed by atoms with Crippen molar-refractivity contribution in [1.29, 1.82) is 0 Å². The molecular formula is C15H27LiNa2O4. The zero-order chi connectivity index (χ0) is 15.3. The van der Waals surface area contributed by atoms with Crippen LogP contribution in [0.3, 0.4) is 0 Å². The van der Waals surface area contributed by atoms with E-state index in [4.69, 9.17) is 0 Å². The van der Waals surface area contributed by atoms with Gasteiger partial charge in [-0.05, 0) is 0 Å². The first-order valence-corrected chi connectivity index (χ1v) is 7.03. The number of hydrogen-bond donors (Lipinski definition) is 0. The number of rotatable bonds is 9. The number of carboxylic acid groups (broad SMARTS) is 2. The molecule has 0 aromatic carbocycles.